The third kappa shape index (κ3) is 50.7. The van der Waals surface area contributed by atoms with Crippen LogP contribution in [0.5, 0.6) is 0 Å². The summed E-state index contributed by atoms with van der Waals surface area (Å²) >= 11 is 0. The van der Waals surface area contributed by atoms with Gasteiger partial charge in [-0.2, -0.15) is 0 Å². The lowest BCUT2D eigenvalue weighted by Crippen LogP contribution is -2.29. The van der Waals surface area contributed by atoms with E-state index in [1.165, 1.54) is 173 Å². The molecular weight excluding hydrogens is 796 g/mol. The van der Waals surface area contributed by atoms with Crippen molar-refractivity contribution < 1.29 is 37.9 Å². The minimum absolute atomic E-state index is 0.192. The lowest BCUT2D eigenvalue weighted by atomic mass is 10.0. The van der Waals surface area contributed by atoms with Crippen molar-refractivity contribution in [2.75, 3.05) is 13.2 Å². The van der Waals surface area contributed by atoms with Gasteiger partial charge >= 0.3 is 19.8 Å². The standard InChI is InChI=1S/C53H97O8P/c1-3-5-7-9-11-13-15-17-19-21-23-25-26-28-30-32-34-36-38-40-42-44-46-48-53(55)61-51(50-60-62(56,57)58)49-59-52(54)47-45-43-41-39-37-35-33-31-29-27-24-22-20-18-16-14-12-10-8-6-4-2/h20,22,27,29,33,35,39,41,51H,3-19,21,23-26,28,30-32,34,36-38,40,42-50H2,1-2H3,(H2,56,57,58)/b22-20+,29-27+,35-33+,41-39+/t51-/m1/s1. The van der Waals surface area contributed by atoms with Gasteiger partial charge in [-0.15, -0.1) is 0 Å². The molecule has 0 aromatic heterocycles. The Morgan fingerprint density at radius 2 is 0.742 bits per heavy atom. The van der Waals surface area contributed by atoms with Gasteiger partial charge in [0.25, 0.3) is 0 Å². The van der Waals surface area contributed by atoms with Crippen LogP contribution in [0, 0.1) is 0 Å². The molecule has 0 spiro atoms. The third-order valence-electron chi connectivity index (χ3n) is 11.4. The summed E-state index contributed by atoms with van der Waals surface area (Å²) < 4.78 is 26.5. The SMILES string of the molecule is CCCCCCCCC/C=C/C/C=C/C/C=C/C/C=C/CCCC(=O)OC[C@H](COP(=O)(O)O)OC(=O)CCCCCCCCCCCCCCCCCCCCCCCCC. The van der Waals surface area contributed by atoms with E-state index in [2.05, 4.69) is 60.9 Å². The molecule has 0 fully saturated rings. The molecule has 0 aliphatic heterocycles. The zero-order valence-electron chi connectivity index (χ0n) is 40.3. The Labute approximate surface area is 382 Å². The summed E-state index contributed by atoms with van der Waals surface area (Å²) in [6, 6.07) is 0. The fraction of sp³-hybridized carbons (Fsp3) is 0.811. The molecule has 2 N–H and O–H groups in total. The van der Waals surface area contributed by atoms with Crippen LogP contribution < -0.4 is 0 Å². The first-order valence-corrected chi connectivity index (χ1v) is 27.5. The topological polar surface area (TPSA) is 119 Å². The Hall–Kier alpha value is -1.99. The summed E-state index contributed by atoms with van der Waals surface area (Å²) in [6.07, 6.45) is 61.4. The Morgan fingerprint density at radius 1 is 0.419 bits per heavy atom. The van der Waals surface area contributed by atoms with Gasteiger partial charge in [-0.3, -0.25) is 14.1 Å². The van der Waals surface area contributed by atoms with Crippen molar-refractivity contribution in [3.8, 4) is 0 Å². The van der Waals surface area contributed by atoms with Gasteiger partial charge in [0, 0.05) is 12.8 Å². The molecule has 62 heavy (non-hydrogen) atoms. The normalized spacial score (nSPS) is 12.8. The molecule has 0 aromatic carbocycles. The van der Waals surface area contributed by atoms with Gasteiger partial charge in [0.05, 0.1) is 6.61 Å². The van der Waals surface area contributed by atoms with Gasteiger partial charge in [0.1, 0.15) is 6.61 Å². The van der Waals surface area contributed by atoms with E-state index < -0.39 is 32.5 Å². The average Bonchev–Trinajstić information content (AvgIpc) is 3.25. The second-order valence-corrected chi connectivity index (χ2v) is 18.7. The molecule has 0 aliphatic rings. The first-order chi connectivity index (χ1) is 30.3. The highest BCUT2D eigenvalue weighted by molar-refractivity contribution is 7.46. The zero-order chi connectivity index (χ0) is 45.3. The second-order valence-electron chi connectivity index (χ2n) is 17.5. The van der Waals surface area contributed by atoms with Crippen LogP contribution in [0.4, 0.5) is 0 Å². The van der Waals surface area contributed by atoms with E-state index in [1.807, 2.05) is 6.08 Å². The number of ether oxygens (including phenoxy) is 2. The predicted octanol–water partition coefficient (Wildman–Crippen LogP) is 16.6. The van der Waals surface area contributed by atoms with Crippen LogP contribution in [0.2, 0.25) is 0 Å². The van der Waals surface area contributed by atoms with Gasteiger partial charge in [-0.1, -0.05) is 242 Å². The van der Waals surface area contributed by atoms with E-state index >= 15 is 0 Å². The summed E-state index contributed by atoms with van der Waals surface area (Å²) in [5.41, 5.74) is 0. The summed E-state index contributed by atoms with van der Waals surface area (Å²) in [4.78, 5) is 43.1. The van der Waals surface area contributed by atoms with Gasteiger partial charge in [0.15, 0.2) is 6.10 Å². The lowest BCUT2D eigenvalue weighted by Gasteiger charge is -2.18. The molecule has 9 heteroatoms. The fourth-order valence-corrected chi connectivity index (χ4v) is 7.85. The number of carbonyl (C=O) groups is 2. The largest absolute Gasteiger partial charge is 0.469 e. The maximum Gasteiger partial charge on any atom is 0.469 e. The number of phosphoric ester groups is 1. The van der Waals surface area contributed by atoms with Gasteiger partial charge in [0.2, 0.25) is 0 Å². The molecule has 0 bridgehead atoms. The molecule has 0 saturated heterocycles. The van der Waals surface area contributed by atoms with E-state index in [0.29, 0.717) is 12.8 Å². The number of unbranched alkanes of at least 4 members (excludes halogenated alkanes) is 30. The number of rotatable bonds is 48. The molecule has 0 aliphatic carbocycles. The molecule has 0 heterocycles. The van der Waals surface area contributed by atoms with Gasteiger partial charge < -0.3 is 19.3 Å². The van der Waals surface area contributed by atoms with Crippen LogP contribution >= 0.6 is 7.82 Å². The summed E-state index contributed by atoms with van der Waals surface area (Å²) in [7, 11) is -4.77. The van der Waals surface area contributed by atoms with E-state index in [9.17, 15) is 14.2 Å². The van der Waals surface area contributed by atoms with Gasteiger partial charge in [-0.05, 0) is 51.4 Å². The smallest absolute Gasteiger partial charge is 0.462 e. The molecular formula is C53H97O8P. The van der Waals surface area contributed by atoms with Crippen LogP contribution in [0.15, 0.2) is 48.6 Å². The van der Waals surface area contributed by atoms with Crippen molar-refractivity contribution in [2.45, 2.75) is 264 Å². The van der Waals surface area contributed by atoms with Crippen molar-refractivity contribution in [2.24, 2.45) is 0 Å². The van der Waals surface area contributed by atoms with Crippen LogP contribution in [0.3, 0.4) is 0 Å². The van der Waals surface area contributed by atoms with Crippen LogP contribution in [0.25, 0.3) is 0 Å². The Bertz CT molecular complexity index is 1140. The molecule has 1 atom stereocenters. The predicted molar refractivity (Wildman–Crippen MR) is 262 cm³/mol. The Kier molecular flexibility index (Phi) is 46.9. The molecule has 0 saturated carbocycles. The second kappa shape index (κ2) is 48.5. The van der Waals surface area contributed by atoms with E-state index in [-0.39, 0.29) is 19.4 Å². The molecule has 0 unspecified atom stereocenters. The first kappa shape index (κ1) is 60.0. The first-order valence-electron chi connectivity index (χ1n) is 25.9. The number of esters is 2. The maximum atomic E-state index is 12.5. The number of allylic oxidation sites excluding steroid dienone is 8. The molecule has 0 radical (unpaired) electrons. The highest BCUT2D eigenvalue weighted by Gasteiger charge is 2.23. The van der Waals surface area contributed by atoms with Crippen molar-refractivity contribution in [3.05, 3.63) is 48.6 Å². The van der Waals surface area contributed by atoms with Crippen molar-refractivity contribution >= 4 is 19.8 Å². The fourth-order valence-electron chi connectivity index (χ4n) is 7.49. The Morgan fingerprint density at radius 3 is 1.13 bits per heavy atom. The van der Waals surface area contributed by atoms with Crippen molar-refractivity contribution in [3.63, 3.8) is 0 Å². The molecule has 0 amide bonds. The monoisotopic (exact) mass is 893 g/mol. The molecule has 0 aromatic rings. The summed E-state index contributed by atoms with van der Waals surface area (Å²) in [6.45, 7) is 3.68. The molecule has 362 valence electrons. The summed E-state index contributed by atoms with van der Waals surface area (Å²) in [5.74, 6) is -0.939. The maximum absolute atomic E-state index is 12.5. The molecule has 0 rings (SSSR count). The minimum atomic E-state index is -4.77. The minimum Gasteiger partial charge on any atom is -0.462 e. The average molecular weight is 893 g/mol. The zero-order valence-corrected chi connectivity index (χ0v) is 41.2. The number of hydrogen-bond donors (Lipinski definition) is 2. The van der Waals surface area contributed by atoms with E-state index in [4.69, 9.17) is 19.3 Å². The van der Waals surface area contributed by atoms with E-state index in [0.717, 1.165) is 44.9 Å². The van der Waals surface area contributed by atoms with Gasteiger partial charge in [-0.25, -0.2) is 4.57 Å². The van der Waals surface area contributed by atoms with Crippen molar-refractivity contribution in [1.29, 1.82) is 0 Å². The Balaban J connectivity index is 3.88. The quantitative estimate of drug-likeness (QED) is 0.0268. The highest BCUT2D eigenvalue weighted by atomic mass is 31.2. The van der Waals surface area contributed by atoms with E-state index in [1.54, 1.807) is 0 Å². The molecule has 8 nitrogen and oxygen atoms in total. The third-order valence-corrected chi connectivity index (χ3v) is 11.8. The number of hydrogen-bond acceptors (Lipinski definition) is 6. The lowest BCUT2D eigenvalue weighted by molar-refractivity contribution is -0.161. The highest BCUT2D eigenvalue weighted by Crippen LogP contribution is 2.36. The summed E-state index contributed by atoms with van der Waals surface area (Å²) in [5, 5.41) is 0. The van der Waals surface area contributed by atoms with Crippen LogP contribution in [-0.2, 0) is 28.2 Å². The van der Waals surface area contributed by atoms with Crippen LogP contribution in [0.1, 0.15) is 258 Å². The number of phosphoric acid groups is 1. The van der Waals surface area contributed by atoms with Crippen LogP contribution in [-0.4, -0.2) is 41.0 Å². The van der Waals surface area contributed by atoms with Crippen molar-refractivity contribution in [1.82, 2.24) is 0 Å². The number of carbonyl (C=O) groups excluding carboxylic acids is 2.